The smallest absolute Gasteiger partial charge is 0.260 e. The summed E-state index contributed by atoms with van der Waals surface area (Å²) in [6, 6.07) is 4.12. The van der Waals surface area contributed by atoms with E-state index in [1.165, 1.54) is 0 Å². The lowest BCUT2D eigenvalue weighted by Gasteiger charge is -2.16. The van der Waals surface area contributed by atoms with Crippen LogP contribution in [0.2, 0.25) is 0 Å². The summed E-state index contributed by atoms with van der Waals surface area (Å²) in [5.41, 5.74) is 6.89. The van der Waals surface area contributed by atoms with Crippen LogP contribution in [0.15, 0.2) is 17.5 Å². The van der Waals surface area contributed by atoms with E-state index in [9.17, 15) is 4.79 Å². The Kier molecular flexibility index (Phi) is 6.51. The molecule has 5 nitrogen and oxygen atoms in total. The van der Waals surface area contributed by atoms with Gasteiger partial charge in [-0.05, 0) is 24.8 Å². The van der Waals surface area contributed by atoms with Gasteiger partial charge in [-0.1, -0.05) is 0 Å². The van der Waals surface area contributed by atoms with Crippen LogP contribution in [0, 0.1) is 6.92 Å². The van der Waals surface area contributed by atoms with E-state index >= 15 is 0 Å². The molecule has 1 saturated heterocycles. The number of fused-ring (bicyclic) bond motifs is 3. The van der Waals surface area contributed by atoms with Crippen LogP contribution in [0.4, 0.5) is 0 Å². The van der Waals surface area contributed by atoms with Crippen molar-refractivity contribution in [1.82, 2.24) is 9.88 Å². The summed E-state index contributed by atoms with van der Waals surface area (Å²) in [6.45, 7) is 3.42. The van der Waals surface area contributed by atoms with Gasteiger partial charge in [0.2, 0.25) is 0 Å². The molecule has 3 aromatic rings. The van der Waals surface area contributed by atoms with Crippen LogP contribution in [0.25, 0.3) is 20.3 Å². The first-order valence-corrected chi connectivity index (χ1v) is 9.25. The highest BCUT2D eigenvalue weighted by Gasteiger charge is 2.24. The summed E-state index contributed by atoms with van der Waals surface area (Å²) < 4.78 is 8.08. The summed E-state index contributed by atoms with van der Waals surface area (Å²) in [7, 11) is 0. The van der Waals surface area contributed by atoms with Gasteiger partial charge in [0.05, 0.1) is 19.9 Å². The quantitative estimate of drug-likeness (QED) is 0.703. The number of thiophene rings is 1. The number of rotatable bonds is 3. The van der Waals surface area contributed by atoms with Crippen molar-refractivity contribution in [1.29, 1.82) is 0 Å². The molecule has 0 aliphatic carbocycles. The Morgan fingerprint density at radius 2 is 2.28 bits per heavy atom. The van der Waals surface area contributed by atoms with E-state index in [1.54, 1.807) is 27.6 Å². The zero-order chi connectivity index (χ0) is 16.0. The topological polar surface area (TPSA) is 68.5 Å². The first-order valence-electron chi connectivity index (χ1n) is 7.55. The summed E-state index contributed by atoms with van der Waals surface area (Å²) in [5.74, 6) is 0.760. The number of thiazole rings is 1. The Bertz CT molecular complexity index is 896. The minimum Gasteiger partial charge on any atom is -0.483 e. The molecule has 2 aromatic heterocycles. The maximum Gasteiger partial charge on any atom is 0.260 e. The number of benzene rings is 1. The molecule has 0 radical (unpaired) electrons. The van der Waals surface area contributed by atoms with E-state index in [2.05, 4.69) is 4.98 Å². The number of hydrogen-bond donors (Lipinski definition) is 1. The molecule has 9 heteroatoms. The number of ether oxygens (including phenoxy) is 1. The van der Waals surface area contributed by atoms with Crippen molar-refractivity contribution in [3.8, 4) is 5.75 Å². The lowest BCUT2D eigenvalue weighted by Crippen LogP contribution is -2.35. The van der Waals surface area contributed by atoms with Crippen molar-refractivity contribution in [2.75, 3.05) is 19.7 Å². The number of hydrogen-bond acceptors (Lipinski definition) is 6. The van der Waals surface area contributed by atoms with Gasteiger partial charge < -0.3 is 15.4 Å². The van der Waals surface area contributed by atoms with E-state index in [0.717, 1.165) is 44.0 Å². The Labute approximate surface area is 166 Å². The van der Waals surface area contributed by atoms with E-state index in [0.29, 0.717) is 6.54 Å². The van der Waals surface area contributed by atoms with E-state index < -0.39 is 0 Å². The molecule has 25 heavy (non-hydrogen) atoms. The van der Waals surface area contributed by atoms with Crippen LogP contribution >= 0.6 is 47.5 Å². The monoisotopic (exact) mass is 419 g/mol. The van der Waals surface area contributed by atoms with Gasteiger partial charge in [-0.15, -0.1) is 47.5 Å². The van der Waals surface area contributed by atoms with Gasteiger partial charge in [-0.25, -0.2) is 4.98 Å². The fourth-order valence-electron chi connectivity index (χ4n) is 2.95. The van der Waals surface area contributed by atoms with Crippen LogP contribution in [0.1, 0.15) is 11.4 Å². The highest BCUT2D eigenvalue weighted by atomic mass is 35.5. The number of halogens is 2. The molecule has 0 saturated carbocycles. The van der Waals surface area contributed by atoms with Gasteiger partial charge in [0, 0.05) is 30.6 Å². The average Bonchev–Trinajstić information content (AvgIpc) is 3.22. The summed E-state index contributed by atoms with van der Waals surface area (Å²) in [5, 5.41) is 4.10. The fourth-order valence-corrected chi connectivity index (χ4v) is 4.78. The molecule has 1 aromatic carbocycles. The van der Waals surface area contributed by atoms with Gasteiger partial charge >= 0.3 is 0 Å². The predicted octanol–water partition coefficient (Wildman–Crippen LogP) is 3.60. The van der Waals surface area contributed by atoms with Crippen molar-refractivity contribution in [2.45, 2.75) is 19.4 Å². The molecule has 4 rings (SSSR count). The Balaban J connectivity index is 0.00000113. The molecule has 3 heterocycles. The number of aryl methyl sites for hydroxylation is 1. The standard InChI is InChI=1S/C16H17N3O2S2.2ClH/c1-9-18-15-13(23-9)6-12(11-3-5-22-16(11)15)21-8-14(20)19-4-2-10(17)7-19;;/h3,5-6,10H,2,4,7-8,17H2,1H3;2*1H. The molecule has 1 amide bonds. The normalized spacial score (nSPS) is 16.7. The van der Waals surface area contributed by atoms with Gasteiger partial charge in [0.25, 0.3) is 5.91 Å². The van der Waals surface area contributed by atoms with E-state index in [4.69, 9.17) is 10.5 Å². The van der Waals surface area contributed by atoms with Crippen LogP contribution in [0.5, 0.6) is 5.75 Å². The second-order valence-corrected chi connectivity index (χ2v) is 7.95. The van der Waals surface area contributed by atoms with Crippen molar-refractivity contribution in [3.63, 3.8) is 0 Å². The molecule has 1 fully saturated rings. The first kappa shape index (κ1) is 20.2. The average molecular weight is 420 g/mol. The Morgan fingerprint density at radius 3 is 3.00 bits per heavy atom. The maximum atomic E-state index is 12.2. The second-order valence-electron chi connectivity index (χ2n) is 5.79. The highest BCUT2D eigenvalue weighted by Crippen LogP contribution is 2.38. The van der Waals surface area contributed by atoms with Crippen LogP contribution in [-0.4, -0.2) is 41.5 Å². The second kappa shape index (κ2) is 8.05. The molecule has 1 aliphatic rings. The molecule has 136 valence electrons. The SMILES string of the molecule is Cc1nc2c(cc(OCC(=O)N3CCC(N)C3)c3ccsc32)s1.Cl.Cl. The van der Waals surface area contributed by atoms with Gasteiger partial charge in [-0.2, -0.15) is 0 Å². The first-order chi connectivity index (χ1) is 11.1. The molecular formula is C16H19Cl2N3O2S2. The number of amides is 1. The number of carbonyl (C=O) groups excluding carboxylic acids is 1. The number of nitrogens with zero attached hydrogens (tertiary/aromatic N) is 2. The van der Waals surface area contributed by atoms with Crippen LogP contribution < -0.4 is 10.5 Å². The van der Waals surface area contributed by atoms with Crippen molar-refractivity contribution >= 4 is 73.7 Å². The third kappa shape index (κ3) is 3.85. The molecule has 1 atom stereocenters. The molecule has 1 unspecified atom stereocenters. The lowest BCUT2D eigenvalue weighted by molar-refractivity contribution is -0.132. The number of likely N-dealkylation sites (tertiary alicyclic amines) is 1. The molecule has 1 aliphatic heterocycles. The third-order valence-electron chi connectivity index (χ3n) is 4.10. The van der Waals surface area contributed by atoms with Crippen LogP contribution in [-0.2, 0) is 4.79 Å². The lowest BCUT2D eigenvalue weighted by atomic mass is 10.2. The Hall–Kier alpha value is -1.12. The Morgan fingerprint density at radius 1 is 1.48 bits per heavy atom. The minimum atomic E-state index is 0. The van der Waals surface area contributed by atoms with Gasteiger partial charge in [0.15, 0.2) is 6.61 Å². The number of aromatic nitrogens is 1. The van der Waals surface area contributed by atoms with Crippen molar-refractivity contribution in [3.05, 3.63) is 22.5 Å². The zero-order valence-electron chi connectivity index (χ0n) is 13.6. The zero-order valence-corrected chi connectivity index (χ0v) is 16.8. The van der Waals surface area contributed by atoms with E-state index in [-0.39, 0.29) is 43.4 Å². The van der Waals surface area contributed by atoms with E-state index in [1.807, 2.05) is 24.4 Å². The molecule has 0 spiro atoms. The third-order valence-corrected chi connectivity index (χ3v) is 5.94. The minimum absolute atomic E-state index is 0. The molecular weight excluding hydrogens is 401 g/mol. The van der Waals surface area contributed by atoms with Crippen LogP contribution in [0.3, 0.4) is 0 Å². The molecule has 0 bridgehead atoms. The number of carbonyl (C=O) groups is 1. The summed E-state index contributed by atoms with van der Waals surface area (Å²) in [6.07, 6.45) is 0.868. The number of nitrogens with two attached hydrogens (primary N) is 1. The summed E-state index contributed by atoms with van der Waals surface area (Å²) in [4.78, 5) is 18.6. The maximum absolute atomic E-state index is 12.2. The van der Waals surface area contributed by atoms with Gasteiger partial charge in [0.1, 0.15) is 5.75 Å². The van der Waals surface area contributed by atoms with Gasteiger partial charge in [-0.3, -0.25) is 4.79 Å². The molecule has 2 N–H and O–H groups in total. The predicted molar refractivity (Wildman–Crippen MR) is 109 cm³/mol. The van der Waals surface area contributed by atoms with Crippen molar-refractivity contribution in [2.24, 2.45) is 5.73 Å². The largest absolute Gasteiger partial charge is 0.483 e. The summed E-state index contributed by atoms with van der Waals surface area (Å²) >= 11 is 3.30. The van der Waals surface area contributed by atoms with Crippen molar-refractivity contribution < 1.29 is 9.53 Å². The fraction of sp³-hybridized carbons (Fsp3) is 0.375. The highest BCUT2D eigenvalue weighted by molar-refractivity contribution is 7.21.